The highest BCUT2D eigenvalue weighted by Crippen LogP contribution is 2.25. The number of rotatable bonds is 6. The highest BCUT2D eigenvalue weighted by molar-refractivity contribution is 7.89. The Kier molecular flexibility index (Phi) is 7.42. The highest BCUT2D eigenvalue weighted by atomic mass is 32.2. The summed E-state index contributed by atoms with van der Waals surface area (Å²) in [7, 11) is -7.01. The largest absolute Gasteiger partial charge is 0.340 e. The van der Waals surface area contributed by atoms with Crippen LogP contribution in [-0.4, -0.2) is 75.5 Å². The van der Waals surface area contributed by atoms with E-state index in [4.69, 9.17) is 0 Å². The summed E-state index contributed by atoms with van der Waals surface area (Å²) >= 11 is 0. The summed E-state index contributed by atoms with van der Waals surface area (Å²) in [5.74, 6) is -0.277. The van der Waals surface area contributed by atoms with E-state index in [2.05, 4.69) is 0 Å². The van der Waals surface area contributed by atoms with E-state index in [1.165, 1.54) is 8.61 Å². The molecule has 2 saturated heterocycles. The fourth-order valence-corrected chi connectivity index (χ4v) is 7.63. The van der Waals surface area contributed by atoms with Crippen molar-refractivity contribution < 1.29 is 21.6 Å². The number of hydrogen-bond acceptors (Lipinski definition) is 5. The van der Waals surface area contributed by atoms with Gasteiger partial charge in [0.15, 0.2) is 0 Å². The van der Waals surface area contributed by atoms with Gasteiger partial charge in [-0.1, -0.05) is 48.0 Å². The molecule has 0 spiro atoms. The smallest absolute Gasteiger partial charge is 0.243 e. The lowest BCUT2D eigenvalue weighted by Crippen LogP contribution is -2.53. The van der Waals surface area contributed by atoms with Crippen LogP contribution in [0.15, 0.2) is 59.5 Å². The molecule has 10 heteroatoms. The van der Waals surface area contributed by atoms with E-state index in [1.54, 1.807) is 35.2 Å². The zero-order valence-electron chi connectivity index (χ0n) is 19.3. The first-order valence-corrected chi connectivity index (χ1v) is 14.6. The van der Waals surface area contributed by atoms with E-state index in [0.717, 1.165) is 11.1 Å². The second kappa shape index (κ2) is 10.2. The molecule has 0 bridgehead atoms. The maximum atomic E-state index is 13.1. The molecular formula is C24H31N3O5S2. The van der Waals surface area contributed by atoms with E-state index in [-0.39, 0.29) is 35.6 Å². The van der Waals surface area contributed by atoms with Gasteiger partial charge in [0.25, 0.3) is 0 Å². The van der Waals surface area contributed by atoms with Gasteiger partial charge in [-0.3, -0.25) is 4.79 Å². The Hall–Kier alpha value is -2.27. The molecule has 1 amide bonds. The second-order valence-electron chi connectivity index (χ2n) is 8.96. The standard InChI is InChI=1S/C24H31N3O5S2/c1-20-6-5-7-21(18-20)19-33(29,30)26-12-10-22(11-13-26)24(28)25-14-16-27(17-15-25)34(31,32)23-8-3-2-4-9-23/h2-9,18,22H,10-17,19H2,1H3. The summed E-state index contributed by atoms with van der Waals surface area (Å²) in [5.41, 5.74) is 1.79. The van der Waals surface area contributed by atoms with Gasteiger partial charge in [0.1, 0.15) is 0 Å². The summed E-state index contributed by atoms with van der Waals surface area (Å²) in [6, 6.07) is 15.8. The minimum atomic E-state index is -3.57. The number of carbonyl (C=O) groups excluding carboxylic acids is 1. The van der Waals surface area contributed by atoms with E-state index >= 15 is 0 Å². The molecule has 2 aromatic carbocycles. The summed E-state index contributed by atoms with van der Waals surface area (Å²) in [5, 5.41) is 0. The number of amides is 1. The number of nitrogens with zero attached hydrogens (tertiary/aromatic N) is 3. The van der Waals surface area contributed by atoms with Crippen LogP contribution in [0.4, 0.5) is 0 Å². The topological polar surface area (TPSA) is 95.1 Å². The van der Waals surface area contributed by atoms with E-state index < -0.39 is 20.0 Å². The lowest BCUT2D eigenvalue weighted by atomic mass is 9.96. The van der Waals surface area contributed by atoms with Crippen molar-refractivity contribution in [2.75, 3.05) is 39.3 Å². The molecule has 0 N–H and O–H groups in total. The van der Waals surface area contributed by atoms with Crippen molar-refractivity contribution in [3.8, 4) is 0 Å². The van der Waals surface area contributed by atoms with E-state index in [1.807, 2.05) is 31.2 Å². The predicted molar refractivity (Wildman–Crippen MR) is 130 cm³/mol. The third kappa shape index (κ3) is 5.51. The van der Waals surface area contributed by atoms with Gasteiger partial charge >= 0.3 is 0 Å². The van der Waals surface area contributed by atoms with Crippen LogP contribution in [0.5, 0.6) is 0 Å². The zero-order valence-corrected chi connectivity index (χ0v) is 21.0. The molecule has 0 aliphatic carbocycles. The Balaban J connectivity index is 1.29. The first-order valence-electron chi connectivity index (χ1n) is 11.5. The monoisotopic (exact) mass is 505 g/mol. The maximum absolute atomic E-state index is 13.1. The summed E-state index contributed by atoms with van der Waals surface area (Å²) in [6.45, 7) is 3.79. The van der Waals surface area contributed by atoms with E-state index in [9.17, 15) is 21.6 Å². The molecule has 2 aliphatic rings. The first-order chi connectivity index (χ1) is 16.2. The van der Waals surface area contributed by atoms with Gasteiger partial charge < -0.3 is 4.90 Å². The third-order valence-electron chi connectivity index (χ3n) is 6.56. The molecule has 0 aromatic heterocycles. The van der Waals surface area contributed by atoms with Crippen molar-refractivity contribution in [3.05, 3.63) is 65.7 Å². The average molecular weight is 506 g/mol. The molecule has 0 unspecified atom stereocenters. The van der Waals surface area contributed by atoms with Crippen molar-refractivity contribution in [2.45, 2.75) is 30.4 Å². The molecule has 2 aromatic rings. The summed E-state index contributed by atoms with van der Waals surface area (Å²) < 4.78 is 54.2. The number of hydrogen-bond donors (Lipinski definition) is 0. The number of benzene rings is 2. The van der Waals surface area contributed by atoms with Crippen LogP contribution in [0.2, 0.25) is 0 Å². The number of carbonyl (C=O) groups is 1. The molecule has 2 aliphatic heterocycles. The molecule has 8 nitrogen and oxygen atoms in total. The van der Waals surface area contributed by atoms with Crippen LogP contribution in [0.3, 0.4) is 0 Å². The highest BCUT2D eigenvalue weighted by Gasteiger charge is 2.35. The van der Waals surface area contributed by atoms with Gasteiger partial charge in [-0.05, 0) is 37.5 Å². The normalized spacial score (nSPS) is 19.3. The van der Waals surface area contributed by atoms with Gasteiger partial charge in [-0.15, -0.1) is 0 Å². The fourth-order valence-electron chi connectivity index (χ4n) is 4.63. The van der Waals surface area contributed by atoms with Gasteiger partial charge in [0, 0.05) is 45.2 Å². The summed E-state index contributed by atoms with van der Waals surface area (Å²) in [6.07, 6.45) is 0.961. The van der Waals surface area contributed by atoms with Crippen molar-refractivity contribution in [1.29, 1.82) is 0 Å². The Morgan fingerprint density at radius 2 is 1.47 bits per heavy atom. The molecule has 184 valence electrons. The second-order valence-corrected chi connectivity index (χ2v) is 12.9. The Morgan fingerprint density at radius 1 is 0.824 bits per heavy atom. The van der Waals surface area contributed by atoms with Gasteiger partial charge in [-0.25, -0.2) is 21.1 Å². The van der Waals surface area contributed by atoms with Gasteiger partial charge in [0.05, 0.1) is 10.6 Å². The van der Waals surface area contributed by atoms with Crippen LogP contribution in [-0.2, 0) is 30.6 Å². The third-order valence-corrected chi connectivity index (χ3v) is 10.3. The van der Waals surface area contributed by atoms with Crippen molar-refractivity contribution in [2.24, 2.45) is 5.92 Å². The Bertz CT molecular complexity index is 1220. The number of sulfonamides is 2. The van der Waals surface area contributed by atoms with Crippen LogP contribution in [0.1, 0.15) is 24.0 Å². The minimum absolute atomic E-state index is 0.00695. The lowest BCUT2D eigenvalue weighted by molar-refractivity contribution is -0.137. The predicted octanol–water partition coefficient (Wildman–Crippen LogP) is 2.07. The van der Waals surface area contributed by atoms with Crippen LogP contribution in [0.25, 0.3) is 0 Å². The van der Waals surface area contributed by atoms with Gasteiger partial charge in [0.2, 0.25) is 26.0 Å². The fraction of sp³-hybridized carbons (Fsp3) is 0.458. The van der Waals surface area contributed by atoms with Crippen molar-refractivity contribution in [3.63, 3.8) is 0 Å². The molecule has 0 atom stereocenters. The van der Waals surface area contributed by atoms with Gasteiger partial charge in [-0.2, -0.15) is 4.31 Å². The minimum Gasteiger partial charge on any atom is -0.340 e. The maximum Gasteiger partial charge on any atom is 0.243 e. The number of piperidine rings is 1. The Labute approximate surface area is 202 Å². The van der Waals surface area contributed by atoms with Crippen LogP contribution in [0, 0.1) is 12.8 Å². The number of piperazine rings is 1. The van der Waals surface area contributed by atoms with Crippen molar-refractivity contribution in [1.82, 2.24) is 13.5 Å². The molecule has 2 fully saturated rings. The average Bonchev–Trinajstić information content (AvgIpc) is 2.84. The molecule has 34 heavy (non-hydrogen) atoms. The van der Waals surface area contributed by atoms with Crippen LogP contribution >= 0.6 is 0 Å². The zero-order chi connectivity index (χ0) is 24.3. The van der Waals surface area contributed by atoms with E-state index in [0.29, 0.717) is 39.0 Å². The Morgan fingerprint density at radius 3 is 2.09 bits per heavy atom. The molecular weight excluding hydrogens is 474 g/mol. The lowest BCUT2D eigenvalue weighted by Gasteiger charge is -2.37. The van der Waals surface area contributed by atoms with Crippen LogP contribution < -0.4 is 0 Å². The quantitative estimate of drug-likeness (QED) is 0.599. The molecule has 4 rings (SSSR count). The molecule has 2 heterocycles. The molecule has 0 saturated carbocycles. The SMILES string of the molecule is Cc1cccc(CS(=O)(=O)N2CCC(C(=O)N3CCN(S(=O)(=O)c4ccccc4)CC3)CC2)c1. The number of aryl methyl sites for hydroxylation is 1. The van der Waals surface area contributed by atoms with Crippen molar-refractivity contribution >= 4 is 26.0 Å². The molecule has 0 radical (unpaired) electrons. The first kappa shape index (κ1) is 24.8. The summed E-state index contributed by atoms with van der Waals surface area (Å²) in [4.78, 5) is 15.0.